The zero-order valence-electron chi connectivity index (χ0n) is 17.7. The number of ether oxygens (including phenoxy) is 1. The summed E-state index contributed by atoms with van der Waals surface area (Å²) in [5.74, 6) is -0.638. The molecule has 1 aromatic carbocycles. The largest absolute Gasteiger partial charge is 0.493 e. The SMILES string of the molecule is COC1CCN(C(=O)c2ccc(-n3ncc(-c4ccc(C#N)c(F)c4C)c3O)nc2)CC1. The molecule has 9 heteroatoms. The number of rotatable bonds is 4. The van der Waals surface area contributed by atoms with Crippen LogP contribution in [0.4, 0.5) is 4.39 Å². The number of nitriles is 1. The number of aromatic hydroxyl groups is 1. The molecule has 0 spiro atoms. The third-order valence-corrected chi connectivity index (χ3v) is 5.82. The standard InChI is InChI=1S/C23H22FN5O3/c1-14-18(5-3-15(11-25)21(14)24)19-13-27-29(23(19)31)20-6-4-16(12-26-20)22(30)28-9-7-17(32-2)8-10-28/h3-6,12-13,17,31H,7-10H2,1-2H3. The number of hydrogen-bond acceptors (Lipinski definition) is 6. The summed E-state index contributed by atoms with van der Waals surface area (Å²) in [4.78, 5) is 18.8. The second kappa shape index (κ2) is 8.77. The fourth-order valence-electron chi connectivity index (χ4n) is 3.88. The van der Waals surface area contributed by atoms with Crippen LogP contribution in [0.3, 0.4) is 0 Å². The van der Waals surface area contributed by atoms with Gasteiger partial charge in [0.25, 0.3) is 5.91 Å². The number of hydrogen-bond donors (Lipinski definition) is 1. The van der Waals surface area contributed by atoms with E-state index in [0.29, 0.717) is 35.6 Å². The molecular weight excluding hydrogens is 413 g/mol. The van der Waals surface area contributed by atoms with E-state index in [9.17, 15) is 14.3 Å². The van der Waals surface area contributed by atoms with Crippen LogP contribution in [0.1, 0.15) is 34.3 Å². The fourth-order valence-corrected chi connectivity index (χ4v) is 3.88. The predicted octanol–water partition coefficient (Wildman–Crippen LogP) is 3.21. The van der Waals surface area contributed by atoms with Gasteiger partial charge in [0.05, 0.1) is 29.0 Å². The molecule has 8 nitrogen and oxygen atoms in total. The van der Waals surface area contributed by atoms with Crippen LogP contribution in [-0.4, -0.2) is 57.0 Å². The van der Waals surface area contributed by atoms with E-state index < -0.39 is 5.82 Å². The molecule has 1 amide bonds. The maximum Gasteiger partial charge on any atom is 0.255 e. The van der Waals surface area contributed by atoms with Crippen molar-refractivity contribution in [1.82, 2.24) is 19.7 Å². The number of aromatic nitrogens is 3. The van der Waals surface area contributed by atoms with Gasteiger partial charge < -0.3 is 14.7 Å². The highest BCUT2D eigenvalue weighted by Crippen LogP contribution is 2.34. The number of methoxy groups -OCH3 is 1. The summed E-state index contributed by atoms with van der Waals surface area (Å²) in [5.41, 5.74) is 1.36. The second-order valence-electron chi connectivity index (χ2n) is 7.64. The number of nitrogens with zero attached hydrogens (tertiary/aromatic N) is 5. The molecule has 0 bridgehead atoms. The minimum atomic E-state index is -0.632. The van der Waals surface area contributed by atoms with E-state index in [4.69, 9.17) is 10.00 Å². The Kier molecular flexibility index (Phi) is 5.88. The summed E-state index contributed by atoms with van der Waals surface area (Å²) in [7, 11) is 1.68. The van der Waals surface area contributed by atoms with Crippen molar-refractivity contribution in [3.05, 3.63) is 59.2 Å². The molecule has 1 aliphatic rings. The van der Waals surface area contributed by atoms with E-state index in [1.807, 2.05) is 0 Å². The number of piperidine rings is 1. The van der Waals surface area contributed by atoms with Crippen molar-refractivity contribution >= 4 is 5.91 Å². The van der Waals surface area contributed by atoms with Crippen LogP contribution < -0.4 is 0 Å². The monoisotopic (exact) mass is 435 g/mol. The van der Waals surface area contributed by atoms with Gasteiger partial charge in [0.2, 0.25) is 5.88 Å². The van der Waals surface area contributed by atoms with E-state index in [-0.39, 0.29) is 29.0 Å². The second-order valence-corrected chi connectivity index (χ2v) is 7.64. The van der Waals surface area contributed by atoms with E-state index in [1.165, 1.54) is 30.1 Å². The maximum atomic E-state index is 14.3. The first kappa shape index (κ1) is 21.5. The van der Waals surface area contributed by atoms with Crippen LogP contribution >= 0.6 is 0 Å². The molecule has 1 aliphatic heterocycles. The van der Waals surface area contributed by atoms with Crippen molar-refractivity contribution in [3.63, 3.8) is 0 Å². The van der Waals surface area contributed by atoms with Gasteiger partial charge in [0, 0.05) is 26.4 Å². The number of carbonyl (C=O) groups is 1. The summed E-state index contributed by atoms with van der Waals surface area (Å²) >= 11 is 0. The summed E-state index contributed by atoms with van der Waals surface area (Å²) < 4.78 is 20.9. The zero-order valence-corrected chi connectivity index (χ0v) is 17.7. The van der Waals surface area contributed by atoms with Crippen LogP contribution in [0.15, 0.2) is 36.7 Å². The Morgan fingerprint density at radius 2 is 1.97 bits per heavy atom. The highest BCUT2D eigenvalue weighted by Gasteiger charge is 2.24. The molecule has 1 N–H and O–H groups in total. The van der Waals surface area contributed by atoms with Crippen LogP contribution in [0.5, 0.6) is 5.88 Å². The van der Waals surface area contributed by atoms with Gasteiger partial charge in [0.1, 0.15) is 11.9 Å². The van der Waals surface area contributed by atoms with Crippen molar-refractivity contribution in [1.29, 1.82) is 5.26 Å². The van der Waals surface area contributed by atoms with Gasteiger partial charge in [0.15, 0.2) is 5.82 Å². The van der Waals surface area contributed by atoms with Gasteiger partial charge >= 0.3 is 0 Å². The summed E-state index contributed by atoms with van der Waals surface area (Å²) in [6.07, 6.45) is 4.64. The number of benzene rings is 1. The Labute approximate surface area is 184 Å². The number of amides is 1. The minimum Gasteiger partial charge on any atom is -0.493 e. The normalized spacial score (nSPS) is 14.4. The molecule has 0 unspecified atom stereocenters. The first-order valence-electron chi connectivity index (χ1n) is 10.2. The van der Waals surface area contributed by atoms with Crippen LogP contribution in [0, 0.1) is 24.1 Å². The molecule has 1 saturated heterocycles. The van der Waals surface area contributed by atoms with Crippen molar-refractivity contribution < 1.29 is 19.0 Å². The quantitative estimate of drug-likeness (QED) is 0.675. The Hall–Kier alpha value is -3.77. The molecule has 0 radical (unpaired) electrons. The lowest BCUT2D eigenvalue weighted by molar-refractivity contribution is 0.0350. The van der Waals surface area contributed by atoms with Crippen molar-refractivity contribution in [3.8, 4) is 28.9 Å². The number of likely N-dealkylation sites (tertiary alicyclic amines) is 1. The molecule has 1 fully saturated rings. The summed E-state index contributed by atoms with van der Waals surface area (Å²) in [6, 6.07) is 7.97. The molecule has 3 aromatic rings. The molecule has 3 heterocycles. The van der Waals surface area contributed by atoms with Gasteiger partial charge in [-0.25, -0.2) is 9.37 Å². The average molecular weight is 435 g/mol. The molecule has 0 aliphatic carbocycles. The Bertz CT molecular complexity index is 1190. The highest BCUT2D eigenvalue weighted by molar-refractivity contribution is 5.94. The van der Waals surface area contributed by atoms with Gasteiger partial charge in [-0.05, 0) is 49.1 Å². The lowest BCUT2D eigenvalue weighted by atomic mass is 10.00. The number of carbonyl (C=O) groups excluding carboxylic acids is 1. The fraction of sp³-hybridized carbons (Fsp3) is 0.304. The molecule has 0 atom stereocenters. The first-order valence-corrected chi connectivity index (χ1v) is 10.2. The van der Waals surface area contributed by atoms with E-state index in [0.717, 1.165) is 12.8 Å². The third kappa shape index (κ3) is 3.81. The van der Waals surface area contributed by atoms with Crippen molar-refractivity contribution in [2.24, 2.45) is 0 Å². The topological polar surface area (TPSA) is 104 Å². The minimum absolute atomic E-state index is 0.0634. The zero-order chi connectivity index (χ0) is 22.8. The smallest absolute Gasteiger partial charge is 0.255 e. The molecule has 164 valence electrons. The predicted molar refractivity (Wildman–Crippen MR) is 114 cm³/mol. The lowest BCUT2D eigenvalue weighted by Gasteiger charge is -2.31. The van der Waals surface area contributed by atoms with Crippen molar-refractivity contribution in [2.45, 2.75) is 25.9 Å². The molecule has 0 saturated carbocycles. The number of halogens is 1. The third-order valence-electron chi connectivity index (χ3n) is 5.82. The average Bonchev–Trinajstić information content (AvgIpc) is 3.21. The van der Waals surface area contributed by atoms with Crippen LogP contribution in [-0.2, 0) is 4.74 Å². The van der Waals surface area contributed by atoms with Crippen molar-refractivity contribution in [2.75, 3.05) is 20.2 Å². The van der Waals surface area contributed by atoms with Gasteiger partial charge in [-0.3, -0.25) is 4.79 Å². The molecule has 2 aromatic heterocycles. The highest BCUT2D eigenvalue weighted by atomic mass is 19.1. The van der Waals surface area contributed by atoms with E-state index in [2.05, 4.69) is 10.1 Å². The lowest BCUT2D eigenvalue weighted by Crippen LogP contribution is -2.40. The summed E-state index contributed by atoms with van der Waals surface area (Å²) in [5, 5.41) is 23.8. The van der Waals surface area contributed by atoms with Gasteiger partial charge in [-0.1, -0.05) is 6.07 Å². The van der Waals surface area contributed by atoms with Gasteiger partial charge in [-0.2, -0.15) is 15.0 Å². The Balaban J connectivity index is 1.56. The molecule has 4 rings (SSSR count). The molecule has 32 heavy (non-hydrogen) atoms. The maximum absolute atomic E-state index is 14.3. The summed E-state index contributed by atoms with van der Waals surface area (Å²) in [6.45, 7) is 2.79. The van der Waals surface area contributed by atoms with Gasteiger partial charge in [-0.15, -0.1) is 0 Å². The van der Waals surface area contributed by atoms with Crippen LogP contribution in [0.2, 0.25) is 0 Å². The van der Waals surface area contributed by atoms with E-state index in [1.54, 1.807) is 36.3 Å². The first-order chi connectivity index (χ1) is 15.4. The Morgan fingerprint density at radius 3 is 2.59 bits per heavy atom. The van der Waals surface area contributed by atoms with Crippen LogP contribution in [0.25, 0.3) is 16.9 Å². The number of pyridine rings is 1. The van der Waals surface area contributed by atoms with E-state index >= 15 is 0 Å². The molecular formula is C23H22FN5O3. The Morgan fingerprint density at radius 1 is 1.22 bits per heavy atom.